The number of ether oxygens (including phenoxy) is 1. The molecule has 1 atom stereocenters. The van der Waals surface area contributed by atoms with Crippen molar-refractivity contribution in [3.05, 3.63) is 102 Å². The van der Waals surface area contributed by atoms with Gasteiger partial charge >= 0.3 is 6.03 Å². The summed E-state index contributed by atoms with van der Waals surface area (Å²) in [6.45, 7) is -0.106. The van der Waals surface area contributed by atoms with Crippen molar-refractivity contribution in [2.75, 3.05) is 13.7 Å². The Morgan fingerprint density at radius 1 is 0.939 bits per heavy atom. The Morgan fingerprint density at radius 2 is 1.61 bits per heavy atom. The molecule has 3 aromatic carbocycles. The Balaban J connectivity index is 1.52. The molecule has 1 saturated heterocycles. The maximum Gasteiger partial charge on any atom is 0.325 e. The molecule has 4 rings (SSSR count). The second kappa shape index (κ2) is 9.56. The smallest absolute Gasteiger partial charge is 0.325 e. The van der Waals surface area contributed by atoms with Gasteiger partial charge in [0, 0.05) is 13.0 Å². The van der Waals surface area contributed by atoms with E-state index in [1.54, 1.807) is 7.11 Å². The number of amides is 4. The van der Waals surface area contributed by atoms with Gasteiger partial charge in [-0.25, -0.2) is 4.79 Å². The normalized spacial score (nSPS) is 17.5. The summed E-state index contributed by atoms with van der Waals surface area (Å²) in [5, 5.41) is 5.63. The molecule has 4 amide bonds. The lowest BCUT2D eigenvalue weighted by atomic mass is 9.83. The summed E-state index contributed by atoms with van der Waals surface area (Å²) in [7, 11) is 1.57. The molecule has 168 valence electrons. The van der Waals surface area contributed by atoms with E-state index in [4.69, 9.17) is 4.74 Å². The highest BCUT2D eigenvalue weighted by atomic mass is 16.5. The monoisotopic (exact) mass is 443 g/mol. The summed E-state index contributed by atoms with van der Waals surface area (Å²) >= 11 is 0. The van der Waals surface area contributed by atoms with Crippen LogP contribution in [0.2, 0.25) is 0 Å². The Kier molecular flexibility index (Phi) is 6.40. The topological polar surface area (TPSA) is 87.7 Å². The molecule has 0 spiro atoms. The first kappa shape index (κ1) is 22.1. The molecule has 1 fully saturated rings. The number of urea groups is 1. The number of nitrogens with zero attached hydrogens (tertiary/aromatic N) is 1. The van der Waals surface area contributed by atoms with Crippen molar-refractivity contribution < 1.29 is 19.1 Å². The summed E-state index contributed by atoms with van der Waals surface area (Å²) in [5.74, 6) is -0.187. The molecule has 7 nitrogen and oxygen atoms in total. The third kappa shape index (κ3) is 4.72. The van der Waals surface area contributed by atoms with E-state index in [0.717, 1.165) is 16.0 Å². The highest BCUT2D eigenvalue weighted by Gasteiger charge is 2.52. The van der Waals surface area contributed by atoms with E-state index in [1.807, 2.05) is 84.9 Å². The summed E-state index contributed by atoms with van der Waals surface area (Å²) in [5.41, 5.74) is 1.15. The lowest BCUT2D eigenvalue weighted by Gasteiger charge is -2.27. The van der Waals surface area contributed by atoms with Crippen LogP contribution in [-0.4, -0.2) is 36.4 Å². The predicted octanol–water partition coefficient (Wildman–Crippen LogP) is 3.00. The van der Waals surface area contributed by atoms with Gasteiger partial charge in [0.15, 0.2) is 5.54 Å². The van der Waals surface area contributed by atoms with Crippen LogP contribution in [0, 0.1) is 0 Å². The van der Waals surface area contributed by atoms with Crippen LogP contribution in [0.5, 0.6) is 5.75 Å². The molecule has 1 aliphatic rings. The molecule has 7 heteroatoms. The van der Waals surface area contributed by atoms with Crippen molar-refractivity contribution in [2.24, 2.45) is 0 Å². The molecule has 0 saturated carbocycles. The predicted molar refractivity (Wildman–Crippen MR) is 123 cm³/mol. The number of methoxy groups -OCH3 is 1. The number of hydrogen-bond acceptors (Lipinski definition) is 4. The number of benzene rings is 3. The van der Waals surface area contributed by atoms with E-state index in [-0.39, 0.29) is 19.5 Å². The number of carbonyl (C=O) groups excluding carboxylic acids is 3. The second-order valence-corrected chi connectivity index (χ2v) is 7.88. The van der Waals surface area contributed by atoms with Crippen LogP contribution in [0.1, 0.15) is 16.7 Å². The Labute approximate surface area is 192 Å². The standard InChI is InChI=1S/C26H25N3O4/c1-33-22-14-8-11-20(15-22)17-27-23(30)18-29-24(31)26(28-25(29)32,21-12-6-3-7-13-21)16-19-9-4-2-5-10-19/h2-15H,16-18H2,1H3,(H,27,30)(H,28,32)/t26-/m0/s1. The zero-order valence-corrected chi connectivity index (χ0v) is 18.3. The zero-order valence-electron chi connectivity index (χ0n) is 18.3. The summed E-state index contributed by atoms with van der Waals surface area (Å²) < 4.78 is 5.19. The fourth-order valence-corrected chi connectivity index (χ4v) is 3.99. The van der Waals surface area contributed by atoms with Gasteiger partial charge in [0.05, 0.1) is 7.11 Å². The third-order valence-corrected chi connectivity index (χ3v) is 5.68. The SMILES string of the molecule is COc1cccc(CNC(=O)CN2C(=O)N[C@@](Cc3ccccc3)(c3ccccc3)C2=O)c1. The molecule has 0 unspecified atom stereocenters. The van der Waals surface area contributed by atoms with E-state index >= 15 is 0 Å². The fourth-order valence-electron chi connectivity index (χ4n) is 3.99. The summed E-state index contributed by atoms with van der Waals surface area (Å²) in [4.78, 5) is 40.0. The van der Waals surface area contributed by atoms with Crippen LogP contribution in [0.4, 0.5) is 4.79 Å². The third-order valence-electron chi connectivity index (χ3n) is 5.68. The van der Waals surface area contributed by atoms with Gasteiger partial charge in [0.25, 0.3) is 5.91 Å². The minimum Gasteiger partial charge on any atom is -0.497 e. The highest BCUT2D eigenvalue weighted by molar-refractivity contribution is 6.09. The number of imide groups is 1. The van der Waals surface area contributed by atoms with Crippen LogP contribution in [0.25, 0.3) is 0 Å². The van der Waals surface area contributed by atoms with Gasteiger partial charge in [0.1, 0.15) is 12.3 Å². The Hall–Kier alpha value is -4.13. The molecular formula is C26H25N3O4. The quantitative estimate of drug-likeness (QED) is 0.524. The van der Waals surface area contributed by atoms with Crippen molar-refractivity contribution in [3.8, 4) is 5.75 Å². The van der Waals surface area contributed by atoms with Gasteiger partial charge in [-0.05, 0) is 28.8 Å². The van der Waals surface area contributed by atoms with Crippen molar-refractivity contribution in [1.29, 1.82) is 0 Å². The number of rotatable bonds is 8. The van der Waals surface area contributed by atoms with Crippen LogP contribution in [0.15, 0.2) is 84.9 Å². The van der Waals surface area contributed by atoms with Gasteiger partial charge in [-0.15, -0.1) is 0 Å². The number of carbonyl (C=O) groups is 3. The van der Waals surface area contributed by atoms with Crippen LogP contribution in [0.3, 0.4) is 0 Å². The summed E-state index contributed by atoms with van der Waals surface area (Å²) in [6.07, 6.45) is 0.282. The minimum atomic E-state index is -1.27. The molecular weight excluding hydrogens is 418 g/mol. The first-order valence-corrected chi connectivity index (χ1v) is 10.6. The molecule has 3 aromatic rings. The van der Waals surface area contributed by atoms with Gasteiger partial charge in [-0.2, -0.15) is 0 Å². The van der Waals surface area contributed by atoms with Crippen molar-refractivity contribution in [3.63, 3.8) is 0 Å². The van der Waals surface area contributed by atoms with E-state index < -0.39 is 23.4 Å². The van der Waals surface area contributed by atoms with E-state index in [2.05, 4.69) is 10.6 Å². The summed E-state index contributed by atoms with van der Waals surface area (Å²) in [6, 6.07) is 25.3. The van der Waals surface area contributed by atoms with E-state index in [0.29, 0.717) is 11.3 Å². The van der Waals surface area contributed by atoms with Gasteiger partial charge in [-0.1, -0.05) is 72.8 Å². The highest BCUT2D eigenvalue weighted by Crippen LogP contribution is 2.32. The molecule has 1 aliphatic heterocycles. The van der Waals surface area contributed by atoms with Crippen molar-refractivity contribution in [1.82, 2.24) is 15.5 Å². The van der Waals surface area contributed by atoms with Crippen molar-refractivity contribution >= 4 is 17.8 Å². The molecule has 2 N–H and O–H groups in total. The van der Waals surface area contributed by atoms with Crippen molar-refractivity contribution in [2.45, 2.75) is 18.5 Å². The molecule has 0 aromatic heterocycles. The first-order chi connectivity index (χ1) is 16.0. The first-order valence-electron chi connectivity index (χ1n) is 10.6. The number of hydrogen-bond donors (Lipinski definition) is 2. The second-order valence-electron chi connectivity index (χ2n) is 7.88. The maximum atomic E-state index is 13.6. The van der Waals surface area contributed by atoms with Crippen LogP contribution < -0.4 is 15.4 Å². The van der Waals surface area contributed by atoms with Crippen LogP contribution >= 0.6 is 0 Å². The van der Waals surface area contributed by atoms with Gasteiger partial charge in [-0.3, -0.25) is 14.5 Å². The lowest BCUT2D eigenvalue weighted by molar-refractivity contribution is -0.135. The lowest BCUT2D eigenvalue weighted by Crippen LogP contribution is -2.46. The largest absolute Gasteiger partial charge is 0.497 e. The molecule has 0 radical (unpaired) electrons. The molecule has 0 aliphatic carbocycles. The molecule has 1 heterocycles. The average Bonchev–Trinajstić information content (AvgIpc) is 3.09. The van der Waals surface area contributed by atoms with Gasteiger partial charge in [0.2, 0.25) is 5.91 Å². The molecule has 0 bridgehead atoms. The maximum absolute atomic E-state index is 13.6. The van der Waals surface area contributed by atoms with Crippen LogP contribution in [-0.2, 0) is 28.1 Å². The minimum absolute atomic E-state index is 0.257. The van der Waals surface area contributed by atoms with E-state index in [9.17, 15) is 14.4 Å². The zero-order chi connectivity index (χ0) is 23.3. The van der Waals surface area contributed by atoms with E-state index in [1.165, 1.54) is 0 Å². The Morgan fingerprint density at radius 3 is 2.30 bits per heavy atom. The van der Waals surface area contributed by atoms with Gasteiger partial charge < -0.3 is 15.4 Å². The Bertz CT molecular complexity index is 1150. The fraction of sp³-hybridized carbons (Fsp3) is 0.192. The number of nitrogens with one attached hydrogen (secondary N) is 2. The average molecular weight is 444 g/mol. The molecule has 33 heavy (non-hydrogen) atoms.